The molecule has 0 aliphatic carbocycles. The molecule has 0 atom stereocenters. The summed E-state index contributed by atoms with van der Waals surface area (Å²) in [6, 6.07) is 10.6. The van der Waals surface area contributed by atoms with Gasteiger partial charge in [-0.3, -0.25) is 20.0 Å². The molecular formula is C24H29N3O4. The molecule has 2 N–H and O–H groups in total. The lowest BCUT2D eigenvalue weighted by atomic mass is 10.0. The molecule has 2 amide bonds. The van der Waals surface area contributed by atoms with Crippen molar-refractivity contribution in [2.45, 2.75) is 27.2 Å². The Morgan fingerprint density at radius 1 is 1.23 bits per heavy atom. The largest absolute Gasteiger partial charge is 0.496 e. The minimum Gasteiger partial charge on any atom is -0.496 e. The third-order valence-corrected chi connectivity index (χ3v) is 4.59. The van der Waals surface area contributed by atoms with E-state index >= 15 is 0 Å². The number of benzene rings is 2. The van der Waals surface area contributed by atoms with Gasteiger partial charge in [-0.2, -0.15) is 0 Å². The highest BCUT2D eigenvalue weighted by atomic mass is 16.5. The first-order valence-corrected chi connectivity index (χ1v) is 10.0. The van der Waals surface area contributed by atoms with E-state index in [0.29, 0.717) is 23.3 Å². The standard InChI is InChI=1S/C24H29N3O4/c1-6-20-21(8-7-9-22(20)31-5)23(29)26-27(18(4)15-25-10-11-28)24(30)19-13-16(2)12-17(3)14-19/h7-9,12-15,28H,4,6,10-11H2,1-3,5H3,(H,26,29). The van der Waals surface area contributed by atoms with Crippen LogP contribution < -0.4 is 10.2 Å². The number of hydrogen-bond acceptors (Lipinski definition) is 5. The number of hydrazine groups is 1. The van der Waals surface area contributed by atoms with Crippen LogP contribution in [0.4, 0.5) is 0 Å². The topological polar surface area (TPSA) is 91.2 Å². The third-order valence-electron chi connectivity index (χ3n) is 4.59. The molecule has 0 heterocycles. The molecule has 0 aliphatic heterocycles. The lowest BCUT2D eigenvalue weighted by Gasteiger charge is -2.24. The van der Waals surface area contributed by atoms with E-state index in [9.17, 15) is 9.59 Å². The minimum atomic E-state index is -0.467. The number of aryl methyl sites for hydroxylation is 2. The van der Waals surface area contributed by atoms with E-state index in [0.717, 1.165) is 21.7 Å². The molecule has 0 aliphatic rings. The molecule has 2 aromatic carbocycles. The van der Waals surface area contributed by atoms with Crippen LogP contribution >= 0.6 is 0 Å². The fourth-order valence-electron chi connectivity index (χ4n) is 3.26. The number of nitrogens with zero attached hydrogens (tertiary/aromatic N) is 2. The van der Waals surface area contributed by atoms with Crippen molar-refractivity contribution in [2.75, 3.05) is 20.3 Å². The molecule has 2 rings (SSSR count). The number of ether oxygens (including phenoxy) is 1. The molecule has 2 aromatic rings. The number of aliphatic imine (C=N–C) groups is 1. The maximum Gasteiger partial charge on any atom is 0.277 e. The summed E-state index contributed by atoms with van der Waals surface area (Å²) in [6.07, 6.45) is 1.93. The van der Waals surface area contributed by atoms with Crippen molar-refractivity contribution in [3.05, 3.63) is 76.5 Å². The van der Waals surface area contributed by atoms with E-state index in [-0.39, 0.29) is 18.8 Å². The summed E-state index contributed by atoms with van der Waals surface area (Å²) in [5.74, 6) is -0.308. The number of aliphatic hydroxyl groups excluding tert-OH is 1. The zero-order valence-corrected chi connectivity index (χ0v) is 18.4. The monoisotopic (exact) mass is 423 g/mol. The molecule has 7 heteroatoms. The van der Waals surface area contributed by atoms with Gasteiger partial charge in [0.15, 0.2) is 0 Å². The quantitative estimate of drug-likeness (QED) is 0.504. The normalized spacial score (nSPS) is 10.7. The zero-order chi connectivity index (χ0) is 23.0. The van der Waals surface area contributed by atoms with Gasteiger partial charge in [-0.15, -0.1) is 0 Å². The highest BCUT2D eigenvalue weighted by Crippen LogP contribution is 2.23. The molecule has 0 saturated heterocycles. The van der Waals surface area contributed by atoms with Gasteiger partial charge >= 0.3 is 0 Å². The molecule has 0 fully saturated rings. The number of amides is 2. The van der Waals surface area contributed by atoms with Gasteiger partial charge in [0.25, 0.3) is 11.8 Å². The van der Waals surface area contributed by atoms with E-state index in [1.807, 2.05) is 26.8 Å². The Morgan fingerprint density at radius 2 is 1.90 bits per heavy atom. The highest BCUT2D eigenvalue weighted by Gasteiger charge is 2.23. The second kappa shape index (κ2) is 11.1. The van der Waals surface area contributed by atoms with Crippen LogP contribution in [0.5, 0.6) is 5.75 Å². The Bertz CT molecular complexity index is 978. The van der Waals surface area contributed by atoms with Crippen LogP contribution in [-0.2, 0) is 6.42 Å². The number of hydrogen-bond donors (Lipinski definition) is 2. The Labute approximate surface area is 183 Å². The summed E-state index contributed by atoms with van der Waals surface area (Å²) in [5, 5.41) is 10.0. The van der Waals surface area contributed by atoms with Crippen molar-refractivity contribution < 1.29 is 19.4 Å². The highest BCUT2D eigenvalue weighted by molar-refractivity contribution is 6.03. The molecule has 7 nitrogen and oxygen atoms in total. The molecule has 0 aromatic heterocycles. The number of carbonyl (C=O) groups is 2. The second-order valence-electron chi connectivity index (χ2n) is 7.05. The predicted molar refractivity (Wildman–Crippen MR) is 122 cm³/mol. The first-order chi connectivity index (χ1) is 14.8. The maximum atomic E-state index is 13.3. The maximum absolute atomic E-state index is 13.3. The molecule has 0 unspecified atom stereocenters. The summed E-state index contributed by atoms with van der Waals surface area (Å²) >= 11 is 0. The average molecular weight is 424 g/mol. The van der Waals surface area contributed by atoms with Gasteiger partial charge in [0, 0.05) is 22.9 Å². The van der Waals surface area contributed by atoms with Crippen molar-refractivity contribution in [1.29, 1.82) is 0 Å². The summed E-state index contributed by atoms with van der Waals surface area (Å²) in [7, 11) is 1.55. The SMILES string of the molecule is C=C(C=NCCO)N(NC(=O)c1cccc(OC)c1CC)C(=O)c1cc(C)cc(C)c1. The van der Waals surface area contributed by atoms with Crippen LogP contribution in [-0.4, -0.2) is 48.4 Å². The second-order valence-corrected chi connectivity index (χ2v) is 7.05. The molecule has 0 saturated carbocycles. The number of aliphatic hydroxyl groups is 1. The molecule has 164 valence electrons. The lowest BCUT2D eigenvalue weighted by molar-refractivity contribution is 0.0662. The van der Waals surface area contributed by atoms with Gasteiger partial charge in [0.2, 0.25) is 0 Å². The van der Waals surface area contributed by atoms with Crippen molar-refractivity contribution >= 4 is 18.0 Å². The van der Waals surface area contributed by atoms with E-state index in [4.69, 9.17) is 9.84 Å². The van der Waals surface area contributed by atoms with E-state index in [1.165, 1.54) is 6.21 Å². The van der Waals surface area contributed by atoms with E-state index in [2.05, 4.69) is 17.0 Å². The van der Waals surface area contributed by atoms with Crippen LogP contribution in [0, 0.1) is 13.8 Å². The molecule has 0 radical (unpaired) electrons. The Kier molecular flexibility index (Phi) is 8.52. The number of allylic oxidation sites excluding steroid dienone is 1. The Hall–Kier alpha value is -3.45. The fraction of sp³-hybridized carbons (Fsp3) is 0.292. The third kappa shape index (κ3) is 6.02. The smallest absolute Gasteiger partial charge is 0.277 e. The number of nitrogens with one attached hydrogen (secondary N) is 1. The van der Waals surface area contributed by atoms with Gasteiger partial charge in [0.1, 0.15) is 5.75 Å². The van der Waals surface area contributed by atoms with E-state index < -0.39 is 11.8 Å². The van der Waals surface area contributed by atoms with Gasteiger partial charge in [0.05, 0.1) is 26.0 Å². The van der Waals surface area contributed by atoms with Crippen molar-refractivity contribution in [3.8, 4) is 5.75 Å². The van der Waals surface area contributed by atoms with Gasteiger partial charge in [-0.05, 0) is 44.5 Å². The molecular weight excluding hydrogens is 394 g/mol. The number of rotatable bonds is 8. The van der Waals surface area contributed by atoms with Crippen LogP contribution in [0.25, 0.3) is 0 Å². The van der Waals surface area contributed by atoms with Crippen LogP contribution in [0.15, 0.2) is 53.7 Å². The van der Waals surface area contributed by atoms with Crippen molar-refractivity contribution in [3.63, 3.8) is 0 Å². The van der Waals surface area contributed by atoms with Crippen LogP contribution in [0.3, 0.4) is 0 Å². The first-order valence-electron chi connectivity index (χ1n) is 10.0. The minimum absolute atomic E-state index is 0.134. The number of methoxy groups -OCH3 is 1. The Balaban J connectivity index is 2.42. The van der Waals surface area contributed by atoms with Crippen LogP contribution in [0.2, 0.25) is 0 Å². The Morgan fingerprint density at radius 3 is 2.48 bits per heavy atom. The summed E-state index contributed by atoms with van der Waals surface area (Å²) in [4.78, 5) is 30.4. The summed E-state index contributed by atoms with van der Waals surface area (Å²) in [6.45, 7) is 9.62. The van der Waals surface area contributed by atoms with Gasteiger partial charge in [-0.1, -0.05) is 36.8 Å². The molecule has 0 bridgehead atoms. The fourth-order valence-corrected chi connectivity index (χ4v) is 3.26. The lowest BCUT2D eigenvalue weighted by Crippen LogP contribution is -2.46. The zero-order valence-electron chi connectivity index (χ0n) is 18.4. The average Bonchev–Trinajstić information content (AvgIpc) is 2.75. The van der Waals surface area contributed by atoms with Gasteiger partial charge in [-0.25, -0.2) is 5.01 Å². The summed E-state index contributed by atoms with van der Waals surface area (Å²) in [5.41, 5.74) is 6.24. The van der Waals surface area contributed by atoms with E-state index in [1.54, 1.807) is 37.4 Å². The summed E-state index contributed by atoms with van der Waals surface area (Å²) < 4.78 is 5.37. The first kappa shape index (κ1) is 23.8. The van der Waals surface area contributed by atoms with Gasteiger partial charge < -0.3 is 9.84 Å². The number of carbonyl (C=O) groups excluding carboxylic acids is 2. The molecule has 31 heavy (non-hydrogen) atoms. The molecule has 0 spiro atoms. The van der Waals surface area contributed by atoms with Crippen LogP contribution in [0.1, 0.15) is 44.3 Å². The van der Waals surface area contributed by atoms with Crippen molar-refractivity contribution in [2.24, 2.45) is 4.99 Å². The predicted octanol–water partition coefficient (Wildman–Crippen LogP) is 3.24. The van der Waals surface area contributed by atoms with Crippen molar-refractivity contribution in [1.82, 2.24) is 10.4 Å².